The fourth-order valence-corrected chi connectivity index (χ4v) is 4.21. The van der Waals surface area contributed by atoms with Gasteiger partial charge in [0.25, 0.3) is 0 Å². The number of carbonyl (C=O) groups is 1. The number of Topliss-reactive ketones (excluding diaryl/α,β-unsaturated/α-hetero) is 1. The summed E-state index contributed by atoms with van der Waals surface area (Å²) in [5, 5.41) is 4.53. The average Bonchev–Trinajstić information content (AvgIpc) is 3.15. The third-order valence-electron chi connectivity index (χ3n) is 3.10. The second-order valence-corrected chi connectivity index (χ2v) is 7.47. The Hall–Kier alpha value is -1.70. The zero-order chi connectivity index (χ0) is 15.5. The fraction of sp³-hybridized carbons (Fsp3) is 0.133. The van der Waals surface area contributed by atoms with Crippen LogP contribution in [-0.4, -0.2) is 26.3 Å². The number of para-hydroxylation sites is 1. The molecule has 3 rings (SSSR count). The number of nitrogens with zero attached hydrogens (tertiary/aromatic N) is 2. The highest BCUT2D eigenvalue weighted by atomic mass is 32.2. The zero-order valence-corrected chi connectivity index (χ0v) is 14.2. The number of nitrogens with one attached hydrogen (secondary N) is 1. The molecule has 0 bridgehead atoms. The van der Waals surface area contributed by atoms with Gasteiger partial charge >= 0.3 is 0 Å². The van der Waals surface area contributed by atoms with Crippen LogP contribution in [0, 0.1) is 10.9 Å². The van der Waals surface area contributed by atoms with Crippen LogP contribution >= 0.6 is 35.3 Å². The molecule has 2 heterocycles. The van der Waals surface area contributed by atoms with E-state index in [0.717, 1.165) is 15.6 Å². The minimum atomic E-state index is 0.0542. The lowest BCUT2D eigenvalue weighted by molar-refractivity contribution is 0.101. The van der Waals surface area contributed by atoms with Crippen molar-refractivity contribution in [2.45, 2.75) is 11.3 Å². The molecule has 2 aromatic heterocycles. The summed E-state index contributed by atoms with van der Waals surface area (Å²) in [4.78, 5) is 14.9. The molecule has 0 amide bonds. The molecule has 4 nitrogen and oxygen atoms in total. The standard InChI is InChI=1S/C15H13N3OS3/c1-10-5-2-3-7-12(10)18-15(20)22-14(17-18)21-9-13(19)11-6-4-8-16-11/h2-8,16H,9H2,1H3. The van der Waals surface area contributed by atoms with E-state index in [1.807, 2.05) is 37.3 Å². The molecule has 0 saturated heterocycles. The lowest BCUT2D eigenvalue weighted by Crippen LogP contribution is -2.03. The first kappa shape index (κ1) is 15.2. The van der Waals surface area contributed by atoms with E-state index in [-0.39, 0.29) is 5.78 Å². The molecule has 0 saturated carbocycles. The monoisotopic (exact) mass is 347 g/mol. The first-order chi connectivity index (χ1) is 10.6. The van der Waals surface area contributed by atoms with Crippen molar-refractivity contribution in [3.05, 3.63) is 57.8 Å². The van der Waals surface area contributed by atoms with Crippen LogP contribution in [0.3, 0.4) is 0 Å². The van der Waals surface area contributed by atoms with Gasteiger partial charge in [-0.15, -0.1) is 5.10 Å². The molecule has 22 heavy (non-hydrogen) atoms. The molecule has 0 unspecified atom stereocenters. The molecule has 0 aliphatic carbocycles. The SMILES string of the molecule is Cc1ccccc1-n1nc(SCC(=O)c2ccc[nH]2)sc1=S. The second-order valence-electron chi connectivity index (χ2n) is 4.63. The van der Waals surface area contributed by atoms with Crippen LogP contribution in [0.15, 0.2) is 46.9 Å². The molecule has 0 aliphatic rings. The Morgan fingerprint density at radius 2 is 2.18 bits per heavy atom. The van der Waals surface area contributed by atoms with E-state index in [1.54, 1.807) is 16.9 Å². The van der Waals surface area contributed by atoms with Crippen molar-refractivity contribution in [2.24, 2.45) is 0 Å². The highest BCUT2D eigenvalue weighted by Gasteiger charge is 2.11. The van der Waals surface area contributed by atoms with E-state index in [1.165, 1.54) is 23.1 Å². The summed E-state index contributed by atoms with van der Waals surface area (Å²) in [6, 6.07) is 11.6. The molecule has 0 spiro atoms. The first-order valence-corrected chi connectivity index (χ1v) is 8.82. The first-order valence-electron chi connectivity index (χ1n) is 6.61. The van der Waals surface area contributed by atoms with Crippen LogP contribution in [0.2, 0.25) is 0 Å². The third kappa shape index (κ3) is 3.21. The van der Waals surface area contributed by atoms with Crippen LogP contribution in [0.1, 0.15) is 16.1 Å². The molecule has 7 heteroatoms. The predicted octanol–water partition coefficient (Wildman–Crippen LogP) is 4.27. The molecule has 3 aromatic rings. The van der Waals surface area contributed by atoms with Gasteiger partial charge in [0, 0.05) is 6.20 Å². The molecule has 112 valence electrons. The van der Waals surface area contributed by atoms with E-state index < -0.39 is 0 Å². The van der Waals surface area contributed by atoms with Crippen molar-refractivity contribution in [1.82, 2.24) is 14.8 Å². The maximum absolute atomic E-state index is 12.0. The predicted molar refractivity (Wildman–Crippen MR) is 92.9 cm³/mol. The highest BCUT2D eigenvalue weighted by molar-refractivity contribution is 8.01. The molecular weight excluding hydrogens is 334 g/mol. The topological polar surface area (TPSA) is 50.7 Å². The summed E-state index contributed by atoms with van der Waals surface area (Å²) in [5.74, 6) is 0.398. The van der Waals surface area contributed by atoms with Crippen LogP contribution in [0.25, 0.3) is 5.69 Å². The summed E-state index contributed by atoms with van der Waals surface area (Å²) in [6.07, 6.45) is 1.74. The number of aromatic nitrogens is 3. The minimum absolute atomic E-state index is 0.0542. The number of carbonyl (C=O) groups excluding carboxylic acids is 1. The van der Waals surface area contributed by atoms with Gasteiger partial charge < -0.3 is 4.98 Å². The zero-order valence-electron chi connectivity index (χ0n) is 11.8. The number of ketones is 1. The van der Waals surface area contributed by atoms with Gasteiger partial charge in [-0.1, -0.05) is 41.3 Å². The second kappa shape index (κ2) is 6.60. The van der Waals surface area contributed by atoms with Crippen molar-refractivity contribution in [3.8, 4) is 5.69 Å². The number of hydrogen-bond donors (Lipinski definition) is 1. The summed E-state index contributed by atoms with van der Waals surface area (Å²) < 4.78 is 3.24. The summed E-state index contributed by atoms with van der Waals surface area (Å²) in [5.41, 5.74) is 2.71. The molecule has 1 N–H and O–H groups in total. The molecule has 0 atom stereocenters. The van der Waals surface area contributed by atoms with Gasteiger partial charge in [0.15, 0.2) is 14.1 Å². The van der Waals surface area contributed by atoms with Crippen molar-refractivity contribution in [1.29, 1.82) is 0 Å². The maximum Gasteiger partial charge on any atom is 0.189 e. The number of aryl methyl sites for hydroxylation is 1. The Kier molecular flexibility index (Phi) is 4.56. The quantitative estimate of drug-likeness (QED) is 0.425. The van der Waals surface area contributed by atoms with Gasteiger partial charge in [-0.05, 0) is 42.9 Å². The Balaban J connectivity index is 1.77. The maximum atomic E-state index is 12.0. The molecular formula is C15H13N3OS3. The van der Waals surface area contributed by atoms with E-state index in [0.29, 0.717) is 15.4 Å². The van der Waals surface area contributed by atoms with Crippen molar-refractivity contribution in [2.75, 3.05) is 5.75 Å². The van der Waals surface area contributed by atoms with Crippen molar-refractivity contribution in [3.63, 3.8) is 0 Å². The Morgan fingerprint density at radius 1 is 1.36 bits per heavy atom. The van der Waals surface area contributed by atoms with Gasteiger partial charge in [0.05, 0.1) is 17.1 Å². The smallest absolute Gasteiger partial charge is 0.189 e. The normalized spacial score (nSPS) is 10.8. The average molecular weight is 347 g/mol. The van der Waals surface area contributed by atoms with Crippen molar-refractivity contribution < 1.29 is 4.79 Å². The number of rotatable bonds is 5. The van der Waals surface area contributed by atoms with E-state index in [9.17, 15) is 4.79 Å². The lowest BCUT2D eigenvalue weighted by Gasteiger charge is -2.03. The third-order valence-corrected chi connectivity index (χ3v) is 5.46. The summed E-state index contributed by atoms with van der Waals surface area (Å²) in [6.45, 7) is 2.03. The van der Waals surface area contributed by atoms with Gasteiger partial charge in [-0.25, -0.2) is 4.68 Å². The highest BCUT2D eigenvalue weighted by Crippen LogP contribution is 2.25. The minimum Gasteiger partial charge on any atom is -0.359 e. The van der Waals surface area contributed by atoms with Gasteiger partial charge in [0.2, 0.25) is 0 Å². The van der Waals surface area contributed by atoms with E-state index in [4.69, 9.17) is 12.2 Å². The Morgan fingerprint density at radius 3 is 2.91 bits per heavy atom. The van der Waals surface area contributed by atoms with Gasteiger partial charge in [-0.3, -0.25) is 4.79 Å². The van der Waals surface area contributed by atoms with Crippen LogP contribution in [-0.2, 0) is 0 Å². The van der Waals surface area contributed by atoms with Crippen LogP contribution in [0.4, 0.5) is 0 Å². The summed E-state index contributed by atoms with van der Waals surface area (Å²) >= 11 is 8.23. The summed E-state index contributed by atoms with van der Waals surface area (Å²) in [7, 11) is 0. The molecule has 0 aliphatic heterocycles. The number of hydrogen-bond acceptors (Lipinski definition) is 5. The van der Waals surface area contributed by atoms with E-state index >= 15 is 0 Å². The Bertz CT molecular complexity index is 849. The van der Waals surface area contributed by atoms with Crippen LogP contribution in [0.5, 0.6) is 0 Å². The molecule has 0 radical (unpaired) electrons. The van der Waals surface area contributed by atoms with E-state index in [2.05, 4.69) is 10.1 Å². The lowest BCUT2D eigenvalue weighted by atomic mass is 10.2. The number of aromatic amines is 1. The molecule has 0 fully saturated rings. The van der Waals surface area contributed by atoms with Crippen molar-refractivity contribution >= 4 is 41.1 Å². The number of thioether (sulfide) groups is 1. The van der Waals surface area contributed by atoms with Crippen LogP contribution < -0.4 is 0 Å². The number of benzene rings is 1. The Labute approximate surface area is 141 Å². The molecule has 1 aromatic carbocycles. The fourth-order valence-electron chi connectivity index (χ4n) is 1.98. The number of H-pyrrole nitrogens is 1. The van der Waals surface area contributed by atoms with Gasteiger partial charge in [-0.2, -0.15) is 0 Å². The van der Waals surface area contributed by atoms with Gasteiger partial charge in [0.1, 0.15) is 0 Å². The largest absolute Gasteiger partial charge is 0.359 e.